The summed E-state index contributed by atoms with van der Waals surface area (Å²) in [7, 11) is 0. The number of esters is 1. The summed E-state index contributed by atoms with van der Waals surface area (Å²) in [6, 6.07) is 0. The van der Waals surface area contributed by atoms with Crippen molar-refractivity contribution in [1.82, 2.24) is 5.32 Å². The molecular formula is C19H23NO3. The second-order valence-corrected chi connectivity index (χ2v) is 5.65. The first-order valence-electron chi connectivity index (χ1n) is 8.05. The first kappa shape index (κ1) is 17.0. The van der Waals surface area contributed by atoms with Gasteiger partial charge in [-0.2, -0.15) is 0 Å². The lowest BCUT2D eigenvalue weighted by molar-refractivity contribution is -0.139. The Kier molecular flexibility index (Phi) is 6.15. The van der Waals surface area contributed by atoms with E-state index in [1.165, 1.54) is 0 Å². The Morgan fingerprint density at radius 1 is 1.35 bits per heavy atom. The van der Waals surface area contributed by atoms with E-state index >= 15 is 0 Å². The van der Waals surface area contributed by atoms with E-state index in [0.717, 1.165) is 19.3 Å². The van der Waals surface area contributed by atoms with Crippen LogP contribution in [-0.4, -0.2) is 17.9 Å². The molecule has 23 heavy (non-hydrogen) atoms. The van der Waals surface area contributed by atoms with E-state index in [1.807, 2.05) is 24.3 Å². The Bertz CT molecular complexity index is 608. The molecule has 2 atom stereocenters. The lowest BCUT2D eigenvalue weighted by Gasteiger charge is -2.17. The fourth-order valence-corrected chi connectivity index (χ4v) is 2.46. The molecule has 0 unspecified atom stereocenters. The van der Waals surface area contributed by atoms with Gasteiger partial charge in [0.2, 0.25) is 0 Å². The maximum absolute atomic E-state index is 12.1. The molecule has 0 aromatic carbocycles. The van der Waals surface area contributed by atoms with Crippen molar-refractivity contribution in [2.45, 2.75) is 39.2 Å². The Morgan fingerprint density at radius 3 is 2.87 bits per heavy atom. The lowest BCUT2D eigenvalue weighted by atomic mass is 9.88. The zero-order valence-corrected chi connectivity index (χ0v) is 13.6. The third-order valence-corrected chi connectivity index (χ3v) is 3.69. The van der Waals surface area contributed by atoms with Crippen molar-refractivity contribution in [3.8, 4) is 0 Å². The first-order chi connectivity index (χ1) is 11.1. The molecule has 1 aliphatic carbocycles. The van der Waals surface area contributed by atoms with E-state index in [2.05, 4.69) is 18.3 Å². The van der Waals surface area contributed by atoms with Crippen LogP contribution < -0.4 is 5.32 Å². The predicted octanol–water partition coefficient (Wildman–Crippen LogP) is 3.35. The Morgan fingerprint density at radius 2 is 2.17 bits per heavy atom. The average Bonchev–Trinajstić information content (AvgIpc) is 2.84. The third kappa shape index (κ3) is 4.81. The molecule has 0 amide bonds. The Balaban J connectivity index is 2.07. The second-order valence-electron chi connectivity index (χ2n) is 5.65. The molecular weight excluding hydrogens is 290 g/mol. The van der Waals surface area contributed by atoms with Crippen LogP contribution in [0.25, 0.3) is 0 Å². The number of nitrogens with one attached hydrogen (secondary N) is 1. The maximum atomic E-state index is 12.1. The number of allylic oxidation sites excluding steroid dienone is 7. The molecule has 0 radical (unpaired) electrons. The van der Waals surface area contributed by atoms with Gasteiger partial charge in [0, 0.05) is 17.7 Å². The molecule has 1 heterocycles. The number of hydrogen-bond donors (Lipinski definition) is 1. The van der Waals surface area contributed by atoms with Gasteiger partial charge in [-0.15, -0.1) is 0 Å². The molecule has 4 nitrogen and oxygen atoms in total. The van der Waals surface area contributed by atoms with E-state index in [9.17, 15) is 9.59 Å². The molecule has 2 aliphatic rings. The van der Waals surface area contributed by atoms with Crippen molar-refractivity contribution in [2.75, 3.05) is 0 Å². The fraction of sp³-hybridized carbons (Fsp3) is 0.368. The smallest absolute Gasteiger partial charge is 0.355 e. The van der Waals surface area contributed by atoms with Crippen LogP contribution in [0.1, 0.15) is 33.1 Å². The van der Waals surface area contributed by atoms with Gasteiger partial charge in [0.25, 0.3) is 0 Å². The van der Waals surface area contributed by atoms with Crippen molar-refractivity contribution in [1.29, 1.82) is 0 Å². The molecule has 0 bridgehead atoms. The monoisotopic (exact) mass is 313 g/mol. The SMILES string of the molecule is CCC/C=C/C=C/[C@@H]1CC=CC(=O)/C1=C\NC1=C[C@@H](C)OC1=O. The number of hydrogen-bond acceptors (Lipinski definition) is 4. The zero-order valence-electron chi connectivity index (χ0n) is 13.6. The van der Waals surface area contributed by atoms with Crippen molar-refractivity contribution in [3.05, 3.63) is 60.0 Å². The van der Waals surface area contributed by atoms with Crippen molar-refractivity contribution < 1.29 is 14.3 Å². The van der Waals surface area contributed by atoms with Crippen molar-refractivity contribution >= 4 is 11.8 Å². The van der Waals surface area contributed by atoms with E-state index in [1.54, 1.807) is 25.3 Å². The summed E-state index contributed by atoms with van der Waals surface area (Å²) < 4.78 is 5.02. The number of rotatable bonds is 6. The van der Waals surface area contributed by atoms with Gasteiger partial charge in [-0.25, -0.2) is 4.79 Å². The highest BCUT2D eigenvalue weighted by Gasteiger charge is 2.23. The first-order valence-corrected chi connectivity index (χ1v) is 8.05. The topological polar surface area (TPSA) is 55.4 Å². The quantitative estimate of drug-likeness (QED) is 0.464. The largest absolute Gasteiger partial charge is 0.454 e. The minimum atomic E-state index is -0.386. The minimum Gasteiger partial charge on any atom is -0.454 e. The maximum Gasteiger partial charge on any atom is 0.355 e. The van der Waals surface area contributed by atoms with Gasteiger partial charge in [-0.1, -0.05) is 43.7 Å². The van der Waals surface area contributed by atoms with E-state index in [-0.39, 0.29) is 23.8 Å². The van der Waals surface area contributed by atoms with Crippen LogP contribution in [0.3, 0.4) is 0 Å². The average molecular weight is 313 g/mol. The molecule has 1 N–H and O–H groups in total. The minimum absolute atomic E-state index is 0.0155. The molecule has 1 aliphatic heterocycles. The van der Waals surface area contributed by atoms with Gasteiger partial charge in [-0.05, 0) is 31.9 Å². The lowest BCUT2D eigenvalue weighted by Crippen LogP contribution is -2.19. The molecule has 0 saturated carbocycles. The van der Waals surface area contributed by atoms with Gasteiger partial charge in [0.1, 0.15) is 11.8 Å². The standard InChI is InChI=1S/C19H23NO3/c1-3-4-5-6-7-9-15-10-8-11-18(21)16(15)13-20-17-12-14(2)23-19(17)22/h5-9,11-15,20H,3-4,10H2,1-2H3/b6-5+,9-7+,16-13-/t14-,15-/m1/s1. The van der Waals surface area contributed by atoms with E-state index in [0.29, 0.717) is 11.3 Å². The van der Waals surface area contributed by atoms with Crippen LogP contribution in [0.15, 0.2) is 60.0 Å². The highest BCUT2D eigenvalue weighted by Crippen LogP contribution is 2.23. The van der Waals surface area contributed by atoms with Gasteiger partial charge < -0.3 is 10.1 Å². The summed E-state index contributed by atoms with van der Waals surface area (Å²) in [6.07, 6.45) is 17.6. The van der Waals surface area contributed by atoms with Gasteiger partial charge in [-0.3, -0.25) is 4.79 Å². The summed E-state index contributed by atoms with van der Waals surface area (Å²) >= 11 is 0. The predicted molar refractivity (Wildman–Crippen MR) is 90.3 cm³/mol. The van der Waals surface area contributed by atoms with Crippen molar-refractivity contribution in [2.24, 2.45) is 5.92 Å². The molecule has 0 spiro atoms. The second kappa shape index (κ2) is 8.32. The number of unbranched alkanes of at least 4 members (excludes halogenated alkanes) is 1. The van der Waals surface area contributed by atoms with E-state index < -0.39 is 0 Å². The molecule has 0 saturated heterocycles. The van der Waals surface area contributed by atoms with Crippen LogP contribution in [0.2, 0.25) is 0 Å². The molecule has 0 fully saturated rings. The highest BCUT2D eigenvalue weighted by molar-refractivity contribution is 6.05. The van der Waals surface area contributed by atoms with Crippen LogP contribution >= 0.6 is 0 Å². The van der Waals surface area contributed by atoms with Gasteiger partial charge in [0.05, 0.1) is 0 Å². The Labute approximate surface area is 137 Å². The van der Waals surface area contributed by atoms with E-state index in [4.69, 9.17) is 4.74 Å². The van der Waals surface area contributed by atoms with Crippen LogP contribution in [0, 0.1) is 5.92 Å². The van der Waals surface area contributed by atoms with Crippen LogP contribution in [0.5, 0.6) is 0 Å². The molecule has 0 aromatic rings. The summed E-state index contributed by atoms with van der Waals surface area (Å²) in [6.45, 7) is 3.93. The molecule has 2 rings (SSSR count). The molecule has 4 heteroatoms. The summed E-state index contributed by atoms with van der Waals surface area (Å²) in [4.78, 5) is 23.7. The molecule has 0 aromatic heterocycles. The third-order valence-electron chi connectivity index (χ3n) is 3.69. The number of ether oxygens (including phenoxy) is 1. The van der Waals surface area contributed by atoms with Gasteiger partial charge in [0.15, 0.2) is 5.78 Å². The number of carbonyl (C=O) groups excluding carboxylic acids is 2. The number of cyclic esters (lactones) is 1. The molecule has 122 valence electrons. The van der Waals surface area contributed by atoms with Gasteiger partial charge >= 0.3 is 5.97 Å². The summed E-state index contributed by atoms with van der Waals surface area (Å²) in [5.74, 6) is -0.402. The number of carbonyl (C=O) groups is 2. The zero-order chi connectivity index (χ0) is 16.7. The van der Waals surface area contributed by atoms with Crippen molar-refractivity contribution in [3.63, 3.8) is 0 Å². The highest BCUT2D eigenvalue weighted by atomic mass is 16.5. The number of ketones is 1. The normalized spacial score (nSPS) is 26.3. The fourth-order valence-electron chi connectivity index (χ4n) is 2.46. The van der Waals surface area contributed by atoms with Crippen LogP contribution in [0.4, 0.5) is 0 Å². The summed E-state index contributed by atoms with van der Waals surface area (Å²) in [5, 5.41) is 2.92. The Hall–Kier alpha value is -2.36. The van der Waals surface area contributed by atoms with Crippen LogP contribution in [-0.2, 0) is 14.3 Å². The summed E-state index contributed by atoms with van der Waals surface area (Å²) in [5.41, 5.74) is 1.04.